The van der Waals surface area contributed by atoms with Crippen LogP contribution in [0.1, 0.15) is 20.7 Å². The molecule has 2 aromatic carbocycles. The highest BCUT2D eigenvalue weighted by Crippen LogP contribution is 2.22. The van der Waals surface area contributed by atoms with Gasteiger partial charge in [-0.3, -0.25) is 9.78 Å². The van der Waals surface area contributed by atoms with Crippen molar-refractivity contribution in [3.8, 4) is 0 Å². The minimum atomic E-state index is -1.00. The Morgan fingerprint density at radius 1 is 0.893 bits per heavy atom. The fourth-order valence-electron chi connectivity index (χ4n) is 2.55. The van der Waals surface area contributed by atoms with Gasteiger partial charge in [-0.15, -0.1) is 0 Å². The summed E-state index contributed by atoms with van der Waals surface area (Å²) in [5, 5.41) is 19.3. The summed E-state index contributed by atoms with van der Waals surface area (Å²) in [5.41, 5.74) is 1.40. The first-order valence-corrected chi connectivity index (χ1v) is 8.37. The number of carboxylic acids is 2. The molecule has 0 aliphatic rings. The van der Waals surface area contributed by atoms with Gasteiger partial charge in [-0.05, 0) is 36.4 Å². The summed E-state index contributed by atoms with van der Waals surface area (Å²) in [5.74, 6) is -1.97. The van der Waals surface area contributed by atoms with Crippen molar-refractivity contribution in [1.29, 1.82) is 0 Å². The number of nitrogens with zero attached hydrogens (tertiary/aromatic N) is 1. The maximum atomic E-state index is 11.3. The highest BCUT2D eigenvalue weighted by molar-refractivity contribution is 6.35. The van der Waals surface area contributed by atoms with Crippen LogP contribution in [-0.4, -0.2) is 32.1 Å². The van der Waals surface area contributed by atoms with Gasteiger partial charge in [0.25, 0.3) is 0 Å². The molecular formula is C20H13ClN2O5. The minimum Gasteiger partial charge on any atom is -0.478 e. The monoisotopic (exact) mass is 396 g/mol. The molecule has 2 aromatic heterocycles. The summed E-state index contributed by atoms with van der Waals surface area (Å²) < 4.78 is 0. The Morgan fingerprint density at radius 3 is 2.21 bits per heavy atom. The first-order valence-electron chi connectivity index (χ1n) is 7.99. The fraction of sp³-hybridized carbons (Fsp3) is 0. The molecule has 0 aliphatic heterocycles. The number of H-pyrrole nitrogens is 1. The van der Waals surface area contributed by atoms with Crippen LogP contribution in [0.3, 0.4) is 0 Å². The number of aromatic carboxylic acids is 2. The Hall–Kier alpha value is -3.71. The van der Waals surface area contributed by atoms with E-state index in [4.69, 9.17) is 21.8 Å². The number of aromatic nitrogens is 2. The molecule has 0 spiro atoms. The van der Waals surface area contributed by atoms with E-state index in [0.29, 0.717) is 21.4 Å². The lowest BCUT2D eigenvalue weighted by atomic mass is 10.1. The zero-order valence-electron chi connectivity index (χ0n) is 14.2. The molecule has 4 aromatic rings. The van der Waals surface area contributed by atoms with E-state index < -0.39 is 11.9 Å². The number of nitrogens with one attached hydrogen (secondary N) is 1. The second kappa shape index (κ2) is 7.89. The molecule has 0 fully saturated rings. The van der Waals surface area contributed by atoms with E-state index in [1.54, 1.807) is 18.3 Å². The van der Waals surface area contributed by atoms with Gasteiger partial charge in [0.15, 0.2) is 5.43 Å². The molecule has 3 N–H and O–H groups in total. The number of hydrogen-bond donors (Lipinski definition) is 3. The predicted octanol–water partition coefficient (Wildman–Crippen LogP) is 3.81. The summed E-state index contributed by atoms with van der Waals surface area (Å²) in [7, 11) is 0. The van der Waals surface area contributed by atoms with Crippen molar-refractivity contribution in [3.63, 3.8) is 0 Å². The molecule has 7 nitrogen and oxygen atoms in total. The average molecular weight is 397 g/mol. The molecule has 0 saturated carbocycles. The predicted molar refractivity (Wildman–Crippen MR) is 105 cm³/mol. The molecule has 0 amide bonds. The number of carboxylic acid groups (broad SMARTS) is 2. The standard InChI is InChI=1S/C10H6ClNO2.C10H7NO3/c11-8-3-4-12-9-5-6(10(13)14)1-2-7(8)9;12-9-3-4-11-8-5-6(10(13)14)1-2-7(8)9/h1-5H,(H,13,14);1-5H,(H,11,12)(H,13,14). The molecule has 0 radical (unpaired) electrons. The van der Waals surface area contributed by atoms with E-state index in [0.717, 1.165) is 5.39 Å². The van der Waals surface area contributed by atoms with Crippen molar-refractivity contribution in [1.82, 2.24) is 9.97 Å². The van der Waals surface area contributed by atoms with E-state index in [1.807, 2.05) is 0 Å². The van der Waals surface area contributed by atoms with Crippen molar-refractivity contribution in [2.24, 2.45) is 0 Å². The lowest BCUT2D eigenvalue weighted by Gasteiger charge is -2.00. The Morgan fingerprint density at radius 2 is 1.54 bits per heavy atom. The number of hydrogen-bond acceptors (Lipinski definition) is 4. The molecule has 0 saturated heterocycles. The Labute approximate surface area is 162 Å². The molecule has 0 unspecified atom stereocenters. The smallest absolute Gasteiger partial charge is 0.335 e. The number of fused-ring (bicyclic) bond motifs is 2. The largest absolute Gasteiger partial charge is 0.478 e. The lowest BCUT2D eigenvalue weighted by molar-refractivity contribution is 0.0686. The van der Waals surface area contributed by atoms with Crippen LogP contribution in [0.25, 0.3) is 21.8 Å². The molecule has 8 heteroatoms. The lowest BCUT2D eigenvalue weighted by Crippen LogP contribution is -2.02. The van der Waals surface area contributed by atoms with E-state index in [-0.39, 0.29) is 16.6 Å². The summed E-state index contributed by atoms with van der Waals surface area (Å²) in [6.07, 6.45) is 3.05. The van der Waals surface area contributed by atoms with Crippen LogP contribution in [0.4, 0.5) is 0 Å². The zero-order chi connectivity index (χ0) is 20.3. The normalized spacial score (nSPS) is 10.3. The van der Waals surface area contributed by atoms with Gasteiger partial charge in [-0.1, -0.05) is 17.7 Å². The third kappa shape index (κ3) is 3.99. The molecule has 28 heavy (non-hydrogen) atoms. The van der Waals surface area contributed by atoms with Crippen LogP contribution in [0, 0.1) is 0 Å². The number of carbonyl (C=O) groups is 2. The number of pyridine rings is 2. The molecule has 0 atom stereocenters. The second-order valence-electron chi connectivity index (χ2n) is 5.74. The van der Waals surface area contributed by atoms with Crippen molar-refractivity contribution in [2.75, 3.05) is 0 Å². The topological polar surface area (TPSA) is 120 Å². The van der Waals surface area contributed by atoms with Gasteiger partial charge in [-0.2, -0.15) is 0 Å². The van der Waals surface area contributed by atoms with E-state index in [1.165, 1.54) is 42.6 Å². The van der Waals surface area contributed by atoms with Gasteiger partial charge < -0.3 is 15.2 Å². The number of halogens is 1. The minimum absolute atomic E-state index is 0.115. The third-order valence-corrected chi connectivity index (χ3v) is 4.27. The van der Waals surface area contributed by atoms with Gasteiger partial charge in [0.05, 0.1) is 27.2 Å². The van der Waals surface area contributed by atoms with Crippen LogP contribution in [0.5, 0.6) is 0 Å². The quantitative estimate of drug-likeness (QED) is 0.473. The molecule has 0 aliphatic carbocycles. The van der Waals surface area contributed by atoms with Gasteiger partial charge in [0, 0.05) is 29.2 Å². The molecular weight excluding hydrogens is 384 g/mol. The van der Waals surface area contributed by atoms with Crippen LogP contribution in [0.2, 0.25) is 5.02 Å². The summed E-state index contributed by atoms with van der Waals surface area (Å²) >= 11 is 5.90. The first-order chi connectivity index (χ1) is 13.4. The molecule has 4 rings (SSSR count). The SMILES string of the molecule is O=C(O)c1ccc2c(=O)cc[nH]c2c1.O=C(O)c1ccc2c(Cl)ccnc2c1. The molecule has 0 bridgehead atoms. The fourth-order valence-corrected chi connectivity index (χ4v) is 2.77. The van der Waals surface area contributed by atoms with Gasteiger partial charge >= 0.3 is 11.9 Å². The van der Waals surface area contributed by atoms with E-state index >= 15 is 0 Å². The van der Waals surface area contributed by atoms with Crippen LogP contribution in [0.15, 0.2) is 65.7 Å². The van der Waals surface area contributed by atoms with E-state index in [2.05, 4.69) is 9.97 Å². The highest BCUT2D eigenvalue weighted by atomic mass is 35.5. The van der Waals surface area contributed by atoms with Crippen molar-refractivity contribution >= 4 is 45.3 Å². The Balaban J connectivity index is 0.000000161. The molecule has 140 valence electrons. The Kier molecular flexibility index (Phi) is 5.37. The highest BCUT2D eigenvalue weighted by Gasteiger charge is 2.06. The maximum absolute atomic E-state index is 11.3. The van der Waals surface area contributed by atoms with Crippen LogP contribution < -0.4 is 5.43 Å². The summed E-state index contributed by atoms with van der Waals surface area (Å²) in [6.45, 7) is 0. The number of aromatic amines is 1. The van der Waals surface area contributed by atoms with Crippen molar-refractivity contribution < 1.29 is 19.8 Å². The Bertz CT molecular complexity index is 1270. The maximum Gasteiger partial charge on any atom is 0.335 e. The van der Waals surface area contributed by atoms with Crippen LogP contribution in [-0.2, 0) is 0 Å². The first kappa shape index (κ1) is 19.1. The number of rotatable bonds is 2. The van der Waals surface area contributed by atoms with Gasteiger partial charge in [0.2, 0.25) is 0 Å². The van der Waals surface area contributed by atoms with Crippen molar-refractivity contribution in [3.05, 3.63) is 87.3 Å². The van der Waals surface area contributed by atoms with Crippen molar-refractivity contribution in [2.45, 2.75) is 0 Å². The van der Waals surface area contributed by atoms with Gasteiger partial charge in [0.1, 0.15) is 0 Å². The van der Waals surface area contributed by atoms with Crippen LogP contribution >= 0.6 is 11.6 Å². The summed E-state index contributed by atoms with van der Waals surface area (Å²) in [4.78, 5) is 39.5. The zero-order valence-corrected chi connectivity index (χ0v) is 15.0. The third-order valence-electron chi connectivity index (χ3n) is 3.94. The molecule has 2 heterocycles. The summed E-state index contributed by atoms with van der Waals surface area (Å²) in [6, 6.07) is 12.1. The second-order valence-corrected chi connectivity index (χ2v) is 6.14. The van der Waals surface area contributed by atoms with Gasteiger partial charge in [-0.25, -0.2) is 9.59 Å². The van der Waals surface area contributed by atoms with E-state index in [9.17, 15) is 14.4 Å². The average Bonchev–Trinajstić information content (AvgIpc) is 2.68. The number of benzene rings is 2.